The van der Waals surface area contributed by atoms with Crippen molar-refractivity contribution in [2.45, 2.75) is 32.7 Å². The zero-order chi connectivity index (χ0) is 15.7. The quantitative estimate of drug-likeness (QED) is 0.694. The predicted octanol–water partition coefficient (Wildman–Crippen LogP) is 3.66. The smallest absolute Gasteiger partial charge is 0.193 e. The van der Waals surface area contributed by atoms with Gasteiger partial charge in [-0.15, -0.1) is 0 Å². The van der Waals surface area contributed by atoms with E-state index in [1.807, 2.05) is 18.2 Å². The van der Waals surface area contributed by atoms with E-state index in [4.69, 9.17) is 5.73 Å². The van der Waals surface area contributed by atoms with Gasteiger partial charge in [0.15, 0.2) is 5.78 Å². The molecule has 0 spiro atoms. The van der Waals surface area contributed by atoms with Crippen molar-refractivity contribution in [2.75, 3.05) is 17.2 Å². The van der Waals surface area contributed by atoms with Gasteiger partial charge in [-0.1, -0.05) is 12.1 Å². The maximum absolute atomic E-state index is 12.6. The van der Waals surface area contributed by atoms with Crippen molar-refractivity contribution < 1.29 is 4.79 Å². The van der Waals surface area contributed by atoms with E-state index in [0.717, 1.165) is 24.9 Å². The largest absolute Gasteiger partial charge is 0.399 e. The molecule has 0 atom stereocenters. The molecule has 22 heavy (non-hydrogen) atoms. The Bertz CT molecular complexity index is 706. The van der Waals surface area contributed by atoms with Crippen molar-refractivity contribution in [3.8, 4) is 0 Å². The molecule has 3 rings (SSSR count). The molecule has 3 heteroatoms. The Morgan fingerprint density at radius 1 is 1.14 bits per heavy atom. The molecule has 2 N–H and O–H groups in total. The zero-order valence-corrected chi connectivity index (χ0v) is 13.2. The monoisotopic (exact) mass is 294 g/mol. The molecule has 0 fully saturated rings. The molecule has 1 aliphatic rings. The Morgan fingerprint density at radius 3 is 2.64 bits per heavy atom. The molecular formula is C19H22N2O. The van der Waals surface area contributed by atoms with Crippen LogP contribution in [0.2, 0.25) is 0 Å². The highest BCUT2D eigenvalue weighted by Gasteiger charge is 2.20. The van der Waals surface area contributed by atoms with E-state index in [1.54, 1.807) is 12.1 Å². The fourth-order valence-corrected chi connectivity index (χ4v) is 3.15. The molecule has 1 heterocycles. The number of carbonyl (C=O) groups is 1. The number of nitrogens with zero attached hydrogens (tertiary/aromatic N) is 1. The first-order chi connectivity index (χ1) is 10.6. The van der Waals surface area contributed by atoms with E-state index < -0.39 is 0 Å². The van der Waals surface area contributed by atoms with E-state index >= 15 is 0 Å². The second-order valence-corrected chi connectivity index (χ2v) is 6.19. The molecule has 0 saturated carbocycles. The maximum Gasteiger partial charge on any atom is 0.193 e. The number of carbonyl (C=O) groups excluding carboxylic acids is 1. The van der Waals surface area contributed by atoms with Crippen molar-refractivity contribution >= 4 is 17.2 Å². The van der Waals surface area contributed by atoms with E-state index in [-0.39, 0.29) is 5.78 Å². The van der Waals surface area contributed by atoms with Crippen molar-refractivity contribution in [3.05, 3.63) is 59.2 Å². The van der Waals surface area contributed by atoms with E-state index in [1.165, 1.54) is 11.3 Å². The maximum atomic E-state index is 12.6. The van der Waals surface area contributed by atoms with Crippen LogP contribution < -0.4 is 10.6 Å². The molecule has 3 nitrogen and oxygen atoms in total. The van der Waals surface area contributed by atoms with Gasteiger partial charge in [0.25, 0.3) is 0 Å². The summed E-state index contributed by atoms with van der Waals surface area (Å²) < 4.78 is 0. The third kappa shape index (κ3) is 2.71. The van der Waals surface area contributed by atoms with E-state index in [2.05, 4.69) is 30.9 Å². The molecule has 1 aliphatic heterocycles. The Balaban J connectivity index is 1.95. The summed E-state index contributed by atoms with van der Waals surface area (Å²) in [6.45, 7) is 5.51. The van der Waals surface area contributed by atoms with Gasteiger partial charge in [-0.25, -0.2) is 0 Å². The lowest BCUT2D eigenvalue weighted by molar-refractivity contribution is 0.103. The summed E-state index contributed by atoms with van der Waals surface area (Å²) >= 11 is 0. The summed E-state index contributed by atoms with van der Waals surface area (Å²) in [7, 11) is 0. The average Bonchev–Trinajstić information content (AvgIpc) is 2.53. The van der Waals surface area contributed by atoms with Crippen molar-refractivity contribution in [1.29, 1.82) is 0 Å². The number of ketones is 1. The van der Waals surface area contributed by atoms with Crippen molar-refractivity contribution in [2.24, 2.45) is 0 Å². The second kappa shape index (κ2) is 5.84. The molecule has 0 unspecified atom stereocenters. The minimum Gasteiger partial charge on any atom is -0.399 e. The topological polar surface area (TPSA) is 46.3 Å². The number of benzene rings is 2. The predicted molar refractivity (Wildman–Crippen MR) is 91.5 cm³/mol. The summed E-state index contributed by atoms with van der Waals surface area (Å²) in [5.74, 6) is 0.0387. The number of nitrogen functional groups attached to an aromatic ring is 1. The third-order valence-corrected chi connectivity index (χ3v) is 4.27. The number of anilines is 2. The van der Waals surface area contributed by atoms with Crippen LogP contribution in [-0.4, -0.2) is 18.4 Å². The van der Waals surface area contributed by atoms with E-state index in [9.17, 15) is 4.79 Å². The van der Waals surface area contributed by atoms with Crippen LogP contribution in [0.4, 0.5) is 11.4 Å². The number of rotatable bonds is 3. The standard InChI is InChI=1S/C19H22N2O/c1-13(2)21-10-4-6-14-11-16(8-9-18(14)21)19(22)15-5-3-7-17(20)12-15/h3,5,7-9,11-13H,4,6,10,20H2,1-2H3. The molecule has 2 aromatic rings. The SMILES string of the molecule is CC(C)N1CCCc2cc(C(=O)c3cccc(N)c3)ccc21. The third-order valence-electron chi connectivity index (χ3n) is 4.27. The number of fused-ring (bicyclic) bond motifs is 1. The normalized spacial score (nSPS) is 14.0. The Kier molecular flexibility index (Phi) is 3.88. The fourth-order valence-electron chi connectivity index (χ4n) is 3.15. The van der Waals surface area contributed by atoms with Crippen LogP contribution in [0.1, 0.15) is 41.8 Å². The Hall–Kier alpha value is -2.29. The minimum atomic E-state index is 0.0387. The Morgan fingerprint density at radius 2 is 1.91 bits per heavy atom. The van der Waals surface area contributed by atoms with Gasteiger partial charge in [-0.3, -0.25) is 4.79 Å². The number of hydrogen-bond acceptors (Lipinski definition) is 3. The molecule has 0 saturated heterocycles. The molecule has 2 aromatic carbocycles. The lowest BCUT2D eigenvalue weighted by Crippen LogP contribution is -2.35. The van der Waals surface area contributed by atoms with Gasteiger partial charge in [0.2, 0.25) is 0 Å². The molecule has 0 radical (unpaired) electrons. The van der Waals surface area contributed by atoms with Gasteiger partial charge < -0.3 is 10.6 Å². The molecule has 0 bridgehead atoms. The minimum absolute atomic E-state index is 0.0387. The fraction of sp³-hybridized carbons (Fsp3) is 0.316. The highest BCUT2D eigenvalue weighted by atomic mass is 16.1. The molecule has 114 valence electrons. The molecule has 0 aliphatic carbocycles. The summed E-state index contributed by atoms with van der Waals surface area (Å²) in [5, 5.41) is 0. The number of hydrogen-bond donors (Lipinski definition) is 1. The first-order valence-electron chi connectivity index (χ1n) is 7.86. The van der Waals surface area contributed by atoms with Crippen LogP contribution in [0.3, 0.4) is 0 Å². The van der Waals surface area contributed by atoms with E-state index in [0.29, 0.717) is 17.3 Å². The summed E-state index contributed by atoms with van der Waals surface area (Å²) in [4.78, 5) is 15.0. The highest BCUT2D eigenvalue weighted by Crippen LogP contribution is 2.30. The first kappa shape index (κ1) is 14.6. The zero-order valence-electron chi connectivity index (χ0n) is 13.2. The average molecular weight is 294 g/mol. The number of aryl methyl sites for hydroxylation is 1. The van der Waals surface area contributed by atoms with Crippen LogP contribution in [0.5, 0.6) is 0 Å². The second-order valence-electron chi connectivity index (χ2n) is 6.19. The van der Waals surface area contributed by atoms with Crippen LogP contribution in [0, 0.1) is 0 Å². The van der Waals surface area contributed by atoms with Gasteiger partial charge in [-0.05, 0) is 62.6 Å². The lowest BCUT2D eigenvalue weighted by atomic mass is 9.95. The molecule has 0 aromatic heterocycles. The van der Waals surface area contributed by atoms with Crippen LogP contribution in [0.15, 0.2) is 42.5 Å². The van der Waals surface area contributed by atoms with Crippen LogP contribution in [-0.2, 0) is 6.42 Å². The van der Waals surface area contributed by atoms with Crippen molar-refractivity contribution in [3.63, 3.8) is 0 Å². The Labute approximate surface area is 131 Å². The summed E-state index contributed by atoms with van der Waals surface area (Å²) in [6, 6.07) is 13.7. The lowest BCUT2D eigenvalue weighted by Gasteiger charge is -2.34. The molecule has 0 amide bonds. The van der Waals surface area contributed by atoms with Crippen molar-refractivity contribution in [1.82, 2.24) is 0 Å². The van der Waals surface area contributed by atoms with Crippen LogP contribution >= 0.6 is 0 Å². The van der Waals surface area contributed by atoms with Gasteiger partial charge >= 0.3 is 0 Å². The van der Waals surface area contributed by atoms with Gasteiger partial charge in [0.05, 0.1) is 0 Å². The van der Waals surface area contributed by atoms with Gasteiger partial charge in [0, 0.05) is 35.1 Å². The van der Waals surface area contributed by atoms with Crippen LogP contribution in [0.25, 0.3) is 0 Å². The van der Waals surface area contributed by atoms with Gasteiger partial charge in [0.1, 0.15) is 0 Å². The summed E-state index contributed by atoms with van der Waals surface area (Å²) in [6.07, 6.45) is 2.18. The molecular weight excluding hydrogens is 272 g/mol. The summed E-state index contributed by atoms with van der Waals surface area (Å²) in [5.41, 5.74) is 10.3. The highest BCUT2D eigenvalue weighted by molar-refractivity contribution is 6.09. The number of nitrogens with two attached hydrogens (primary N) is 1. The first-order valence-corrected chi connectivity index (χ1v) is 7.86. The van der Waals surface area contributed by atoms with Gasteiger partial charge in [-0.2, -0.15) is 0 Å².